The number of nitrogens with zero attached hydrogens (tertiary/aromatic N) is 1. The summed E-state index contributed by atoms with van der Waals surface area (Å²) in [5.41, 5.74) is 1.13. The predicted molar refractivity (Wildman–Crippen MR) is 71.8 cm³/mol. The van der Waals surface area contributed by atoms with E-state index in [0.717, 1.165) is 5.56 Å². The van der Waals surface area contributed by atoms with Crippen LogP contribution in [0.4, 0.5) is 0 Å². The van der Waals surface area contributed by atoms with Crippen molar-refractivity contribution in [1.82, 2.24) is 4.98 Å². The van der Waals surface area contributed by atoms with Crippen LogP contribution in [-0.2, 0) is 9.84 Å². The lowest BCUT2D eigenvalue weighted by molar-refractivity contribution is 0.101. The number of Topliss-reactive ketones (excluding diaryl/α,β-unsaturated/α-hetero) is 1. The van der Waals surface area contributed by atoms with Crippen molar-refractivity contribution in [2.24, 2.45) is 0 Å². The topological polar surface area (TPSA) is 64.1 Å². The van der Waals surface area contributed by atoms with Crippen LogP contribution < -0.4 is 0 Å². The van der Waals surface area contributed by atoms with Crippen molar-refractivity contribution in [3.8, 4) is 0 Å². The molecular formula is C14H13NO3S. The molecule has 1 aromatic carbocycles. The molecule has 1 heterocycles. The molecule has 0 unspecified atom stereocenters. The van der Waals surface area contributed by atoms with E-state index in [1.807, 2.05) is 6.92 Å². The van der Waals surface area contributed by atoms with Crippen molar-refractivity contribution in [2.75, 3.05) is 5.75 Å². The van der Waals surface area contributed by atoms with Crippen molar-refractivity contribution in [3.05, 3.63) is 59.9 Å². The fourth-order valence-electron chi connectivity index (χ4n) is 1.60. The number of rotatable bonds is 4. The Labute approximate surface area is 112 Å². The second kappa shape index (κ2) is 5.32. The molecule has 19 heavy (non-hydrogen) atoms. The number of aryl methyl sites for hydroxylation is 1. The van der Waals surface area contributed by atoms with E-state index in [1.165, 1.54) is 24.4 Å². The average molecular weight is 275 g/mol. The van der Waals surface area contributed by atoms with E-state index < -0.39 is 21.4 Å². The molecule has 2 aromatic rings. The molecule has 0 saturated heterocycles. The van der Waals surface area contributed by atoms with Gasteiger partial charge in [-0.25, -0.2) is 8.42 Å². The summed E-state index contributed by atoms with van der Waals surface area (Å²) < 4.78 is 24.2. The number of ketones is 1. The Balaban J connectivity index is 2.23. The Morgan fingerprint density at radius 3 is 2.37 bits per heavy atom. The highest BCUT2D eigenvalue weighted by Crippen LogP contribution is 2.13. The zero-order valence-corrected chi connectivity index (χ0v) is 11.2. The maximum atomic E-state index is 12.1. The smallest absolute Gasteiger partial charge is 0.196 e. The number of benzene rings is 1. The summed E-state index contributed by atoms with van der Waals surface area (Å²) in [6.07, 6.45) is 1.46. The third-order valence-corrected chi connectivity index (χ3v) is 4.28. The van der Waals surface area contributed by atoms with Crippen LogP contribution in [-0.4, -0.2) is 24.9 Å². The molecule has 4 nitrogen and oxygen atoms in total. The summed E-state index contributed by atoms with van der Waals surface area (Å²) in [6, 6.07) is 11.3. The summed E-state index contributed by atoms with van der Waals surface area (Å²) in [5.74, 6) is -1.06. The van der Waals surface area contributed by atoms with E-state index in [2.05, 4.69) is 4.98 Å². The third-order valence-electron chi connectivity index (χ3n) is 2.65. The van der Waals surface area contributed by atoms with E-state index in [4.69, 9.17) is 0 Å². The van der Waals surface area contributed by atoms with Crippen molar-refractivity contribution < 1.29 is 13.2 Å². The van der Waals surface area contributed by atoms with Crippen LogP contribution in [0.3, 0.4) is 0 Å². The Morgan fingerprint density at radius 2 is 1.79 bits per heavy atom. The van der Waals surface area contributed by atoms with Crippen LogP contribution in [0.15, 0.2) is 53.6 Å². The average Bonchev–Trinajstić information content (AvgIpc) is 2.40. The Kier molecular flexibility index (Phi) is 3.76. The molecule has 1 aromatic heterocycles. The Morgan fingerprint density at radius 1 is 1.11 bits per heavy atom. The SMILES string of the molecule is Cc1ccc(S(=O)(=O)CC(=O)c2ccccn2)cc1. The minimum atomic E-state index is -3.61. The van der Waals surface area contributed by atoms with Gasteiger partial charge in [0, 0.05) is 6.20 Å². The number of aromatic nitrogens is 1. The van der Waals surface area contributed by atoms with Gasteiger partial charge in [0.25, 0.3) is 0 Å². The van der Waals surface area contributed by atoms with Crippen LogP contribution in [0.5, 0.6) is 0 Å². The molecule has 0 radical (unpaired) electrons. The number of carbonyl (C=O) groups is 1. The predicted octanol–water partition coefficient (Wildman–Crippen LogP) is 2.05. The number of sulfone groups is 1. The van der Waals surface area contributed by atoms with Gasteiger partial charge in [-0.1, -0.05) is 23.8 Å². The van der Waals surface area contributed by atoms with Gasteiger partial charge in [0.05, 0.1) is 4.90 Å². The first-order valence-corrected chi connectivity index (χ1v) is 7.38. The first-order chi connectivity index (χ1) is 8.99. The molecule has 0 aliphatic rings. The highest BCUT2D eigenvalue weighted by atomic mass is 32.2. The van der Waals surface area contributed by atoms with Gasteiger partial charge in [-0.05, 0) is 31.2 Å². The molecule has 0 bridgehead atoms. The van der Waals surface area contributed by atoms with Crippen molar-refractivity contribution in [2.45, 2.75) is 11.8 Å². The van der Waals surface area contributed by atoms with Crippen LogP contribution in [0, 0.1) is 6.92 Å². The lowest BCUT2D eigenvalue weighted by atomic mass is 10.2. The van der Waals surface area contributed by atoms with Gasteiger partial charge in [-0.15, -0.1) is 0 Å². The van der Waals surface area contributed by atoms with E-state index in [9.17, 15) is 13.2 Å². The van der Waals surface area contributed by atoms with Crippen LogP contribution in [0.1, 0.15) is 16.1 Å². The molecule has 98 valence electrons. The Bertz CT molecular complexity index is 676. The lowest BCUT2D eigenvalue weighted by Gasteiger charge is -2.04. The van der Waals surface area contributed by atoms with Gasteiger partial charge in [-0.2, -0.15) is 0 Å². The highest BCUT2D eigenvalue weighted by molar-refractivity contribution is 7.92. The molecule has 0 spiro atoms. The van der Waals surface area contributed by atoms with Gasteiger partial charge in [0.2, 0.25) is 0 Å². The molecule has 0 fully saturated rings. The fraction of sp³-hybridized carbons (Fsp3) is 0.143. The largest absolute Gasteiger partial charge is 0.291 e. The molecule has 0 N–H and O–H groups in total. The standard InChI is InChI=1S/C14H13NO3S/c1-11-5-7-12(8-6-11)19(17,18)10-14(16)13-4-2-3-9-15-13/h2-9H,10H2,1H3. The van der Waals surface area contributed by atoms with Gasteiger partial charge >= 0.3 is 0 Å². The number of hydrogen-bond donors (Lipinski definition) is 0. The fourth-order valence-corrected chi connectivity index (χ4v) is 2.81. The quantitative estimate of drug-likeness (QED) is 0.801. The van der Waals surface area contributed by atoms with Gasteiger partial charge < -0.3 is 0 Å². The van der Waals surface area contributed by atoms with E-state index in [-0.39, 0.29) is 10.6 Å². The van der Waals surface area contributed by atoms with E-state index in [1.54, 1.807) is 24.3 Å². The number of pyridine rings is 1. The molecule has 0 aliphatic heterocycles. The molecular weight excluding hydrogens is 262 g/mol. The molecule has 0 atom stereocenters. The summed E-state index contributed by atoms with van der Waals surface area (Å²) in [7, 11) is -3.61. The van der Waals surface area contributed by atoms with Gasteiger partial charge in [0.1, 0.15) is 11.4 Å². The molecule has 0 amide bonds. The van der Waals surface area contributed by atoms with Crippen molar-refractivity contribution in [3.63, 3.8) is 0 Å². The van der Waals surface area contributed by atoms with E-state index >= 15 is 0 Å². The lowest BCUT2D eigenvalue weighted by Crippen LogP contribution is -2.17. The summed E-state index contributed by atoms with van der Waals surface area (Å²) >= 11 is 0. The van der Waals surface area contributed by atoms with Crippen molar-refractivity contribution in [1.29, 1.82) is 0 Å². The van der Waals surface area contributed by atoms with Gasteiger partial charge in [0.15, 0.2) is 15.6 Å². The maximum absolute atomic E-state index is 12.1. The number of hydrogen-bond acceptors (Lipinski definition) is 4. The van der Waals surface area contributed by atoms with Crippen LogP contribution in [0.2, 0.25) is 0 Å². The zero-order valence-electron chi connectivity index (χ0n) is 10.4. The molecule has 5 heteroatoms. The van der Waals surface area contributed by atoms with E-state index in [0.29, 0.717) is 0 Å². The molecule has 2 rings (SSSR count). The maximum Gasteiger partial charge on any atom is 0.196 e. The molecule has 0 aliphatic carbocycles. The van der Waals surface area contributed by atoms with Crippen LogP contribution >= 0.6 is 0 Å². The first kappa shape index (κ1) is 13.4. The Hall–Kier alpha value is -2.01. The highest BCUT2D eigenvalue weighted by Gasteiger charge is 2.20. The third kappa shape index (κ3) is 3.26. The summed E-state index contributed by atoms with van der Waals surface area (Å²) in [4.78, 5) is 15.9. The second-order valence-electron chi connectivity index (χ2n) is 4.21. The van der Waals surface area contributed by atoms with Crippen LogP contribution in [0.25, 0.3) is 0 Å². The summed E-state index contributed by atoms with van der Waals surface area (Å²) in [6.45, 7) is 1.87. The normalized spacial score (nSPS) is 11.2. The minimum absolute atomic E-state index is 0.155. The number of carbonyl (C=O) groups excluding carboxylic acids is 1. The summed E-state index contributed by atoms with van der Waals surface area (Å²) in [5, 5.41) is 0. The zero-order chi connectivity index (χ0) is 13.9. The van der Waals surface area contributed by atoms with Crippen molar-refractivity contribution >= 4 is 15.6 Å². The molecule has 0 saturated carbocycles. The minimum Gasteiger partial charge on any atom is -0.291 e. The monoisotopic (exact) mass is 275 g/mol. The first-order valence-electron chi connectivity index (χ1n) is 5.73. The van der Waals surface area contributed by atoms with Gasteiger partial charge in [-0.3, -0.25) is 9.78 Å². The second-order valence-corrected chi connectivity index (χ2v) is 6.20.